The molecule has 5 heteroatoms. The first-order chi connectivity index (χ1) is 12.5. The summed E-state index contributed by atoms with van der Waals surface area (Å²) in [6.45, 7) is 5.63. The molecule has 4 aliphatic carbocycles. The maximum atomic E-state index is 12.8. The molecule has 0 saturated heterocycles. The highest BCUT2D eigenvalue weighted by Gasteiger charge is 2.51. The van der Waals surface area contributed by atoms with E-state index in [4.69, 9.17) is 0 Å². The van der Waals surface area contributed by atoms with Gasteiger partial charge in [-0.05, 0) is 82.0 Å². The number of aromatic amines is 1. The minimum Gasteiger partial charge on any atom is -0.344 e. The van der Waals surface area contributed by atoms with E-state index in [1.54, 1.807) is 0 Å². The van der Waals surface area contributed by atoms with Crippen LogP contribution in [0.4, 0.5) is 4.79 Å². The van der Waals surface area contributed by atoms with E-state index in [2.05, 4.69) is 22.2 Å². The van der Waals surface area contributed by atoms with Crippen molar-refractivity contribution in [3.8, 4) is 0 Å². The van der Waals surface area contributed by atoms with E-state index in [9.17, 15) is 4.79 Å². The summed E-state index contributed by atoms with van der Waals surface area (Å²) in [7, 11) is 0. The molecule has 5 nitrogen and oxygen atoms in total. The van der Waals surface area contributed by atoms with Gasteiger partial charge in [-0.3, -0.25) is 0 Å². The van der Waals surface area contributed by atoms with E-state index in [1.165, 1.54) is 44.9 Å². The van der Waals surface area contributed by atoms with Crippen molar-refractivity contribution in [2.45, 2.75) is 77.8 Å². The van der Waals surface area contributed by atoms with Gasteiger partial charge in [0.1, 0.15) is 5.82 Å². The number of fused-ring (bicyclic) bond motifs is 1. The molecular weight excluding hydrogens is 324 g/mol. The van der Waals surface area contributed by atoms with Gasteiger partial charge >= 0.3 is 6.03 Å². The molecule has 1 aliphatic heterocycles. The summed E-state index contributed by atoms with van der Waals surface area (Å²) in [4.78, 5) is 22.6. The predicted molar refractivity (Wildman–Crippen MR) is 101 cm³/mol. The van der Waals surface area contributed by atoms with E-state index in [0.717, 1.165) is 47.9 Å². The van der Waals surface area contributed by atoms with Crippen molar-refractivity contribution in [2.75, 3.05) is 6.54 Å². The van der Waals surface area contributed by atoms with Crippen LogP contribution in [0.15, 0.2) is 0 Å². The van der Waals surface area contributed by atoms with Crippen LogP contribution in [0.1, 0.15) is 69.1 Å². The monoisotopic (exact) mass is 356 g/mol. The van der Waals surface area contributed by atoms with Crippen LogP contribution in [0.25, 0.3) is 0 Å². The zero-order chi connectivity index (χ0) is 17.9. The summed E-state index contributed by atoms with van der Waals surface area (Å²) in [5.41, 5.74) is 2.77. The number of carbonyl (C=O) groups is 1. The van der Waals surface area contributed by atoms with Gasteiger partial charge in [0.25, 0.3) is 0 Å². The molecule has 6 rings (SSSR count). The summed E-state index contributed by atoms with van der Waals surface area (Å²) >= 11 is 0. The molecule has 5 aliphatic rings. The van der Waals surface area contributed by atoms with Crippen molar-refractivity contribution in [3.05, 3.63) is 17.2 Å². The van der Waals surface area contributed by atoms with Gasteiger partial charge < -0.3 is 15.2 Å². The van der Waals surface area contributed by atoms with E-state index in [1.807, 2.05) is 11.8 Å². The Labute approximate surface area is 156 Å². The second kappa shape index (κ2) is 6.00. The van der Waals surface area contributed by atoms with Crippen molar-refractivity contribution in [1.82, 2.24) is 20.2 Å². The number of amides is 2. The Morgan fingerprint density at radius 1 is 1.27 bits per heavy atom. The van der Waals surface area contributed by atoms with Crippen LogP contribution < -0.4 is 5.32 Å². The van der Waals surface area contributed by atoms with Crippen molar-refractivity contribution in [1.29, 1.82) is 0 Å². The number of urea groups is 1. The highest BCUT2D eigenvalue weighted by atomic mass is 16.2. The lowest BCUT2D eigenvalue weighted by atomic mass is 9.48. The Balaban J connectivity index is 1.20. The van der Waals surface area contributed by atoms with E-state index in [-0.39, 0.29) is 12.1 Å². The van der Waals surface area contributed by atoms with Gasteiger partial charge in [0.05, 0.1) is 17.9 Å². The molecule has 1 atom stereocenters. The molecule has 2 heterocycles. The molecule has 4 saturated carbocycles. The highest BCUT2D eigenvalue weighted by Crippen LogP contribution is 2.61. The first-order valence-electron chi connectivity index (χ1n) is 10.6. The average molecular weight is 357 g/mol. The number of nitrogens with zero attached hydrogens (tertiary/aromatic N) is 2. The molecule has 0 aromatic carbocycles. The second-order valence-corrected chi connectivity index (χ2v) is 9.89. The standard InChI is InChI=1S/C21H32N4O/c1-13(8-21-9-15-5-16(10-21)7-17(6-15)11-21)22-20(26)25-4-3-18-19(12-25)24-14(2)23-18/h13,15-17H,3-12H2,1-2H3,(H,22,26)(H,23,24)/t13-,15?,16?,17?,21?/m1/s1. The highest BCUT2D eigenvalue weighted by molar-refractivity contribution is 5.74. The number of imidazole rings is 1. The summed E-state index contributed by atoms with van der Waals surface area (Å²) in [6, 6.07) is 0.365. The van der Waals surface area contributed by atoms with Gasteiger partial charge in [-0.1, -0.05) is 0 Å². The zero-order valence-corrected chi connectivity index (χ0v) is 16.2. The molecule has 4 bridgehead atoms. The largest absolute Gasteiger partial charge is 0.344 e. The Morgan fingerprint density at radius 3 is 2.58 bits per heavy atom. The van der Waals surface area contributed by atoms with Gasteiger partial charge in [-0.15, -0.1) is 0 Å². The van der Waals surface area contributed by atoms with Crippen LogP contribution in [-0.2, 0) is 13.0 Å². The lowest BCUT2D eigenvalue weighted by Gasteiger charge is -2.57. The zero-order valence-electron chi connectivity index (χ0n) is 16.2. The van der Waals surface area contributed by atoms with Crippen molar-refractivity contribution in [3.63, 3.8) is 0 Å². The number of H-pyrrole nitrogens is 1. The van der Waals surface area contributed by atoms with Gasteiger partial charge in [0.2, 0.25) is 0 Å². The number of aryl methyl sites for hydroxylation is 1. The lowest BCUT2D eigenvalue weighted by molar-refractivity contribution is -0.0607. The quantitative estimate of drug-likeness (QED) is 0.866. The molecule has 2 amide bonds. The topological polar surface area (TPSA) is 61.0 Å². The van der Waals surface area contributed by atoms with Crippen LogP contribution in [0, 0.1) is 30.1 Å². The molecule has 2 N–H and O–H groups in total. The van der Waals surface area contributed by atoms with Gasteiger partial charge in [-0.2, -0.15) is 0 Å². The number of nitrogens with one attached hydrogen (secondary N) is 2. The molecule has 26 heavy (non-hydrogen) atoms. The first-order valence-corrected chi connectivity index (χ1v) is 10.6. The Bertz CT molecular complexity index is 674. The third kappa shape index (κ3) is 2.93. The Kier molecular flexibility index (Phi) is 3.84. The summed E-state index contributed by atoms with van der Waals surface area (Å²) in [5, 5.41) is 3.31. The fourth-order valence-electron chi connectivity index (χ4n) is 7.15. The number of hydrogen-bond acceptors (Lipinski definition) is 2. The van der Waals surface area contributed by atoms with Crippen LogP contribution in [0.2, 0.25) is 0 Å². The maximum Gasteiger partial charge on any atom is 0.317 e. The number of hydrogen-bond donors (Lipinski definition) is 2. The molecule has 0 radical (unpaired) electrons. The molecule has 0 unspecified atom stereocenters. The summed E-state index contributed by atoms with van der Waals surface area (Å²) < 4.78 is 0. The van der Waals surface area contributed by atoms with Gasteiger partial charge in [0, 0.05) is 19.0 Å². The molecule has 1 aromatic rings. The van der Waals surface area contributed by atoms with Crippen molar-refractivity contribution >= 4 is 6.03 Å². The lowest BCUT2D eigenvalue weighted by Crippen LogP contribution is -2.51. The summed E-state index contributed by atoms with van der Waals surface area (Å²) in [5.74, 6) is 3.89. The van der Waals surface area contributed by atoms with E-state index in [0.29, 0.717) is 12.0 Å². The van der Waals surface area contributed by atoms with Gasteiger partial charge in [-0.25, -0.2) is 9.78 Å². The number of carbonyl (C=O) groups excluding carboxylic acids is 1. The predicted octanol–water partition coefficient (Wildman–Crippen LogP) is 3.78. The normalized spacial score (nSPS) is 36.1. The van der Waals surface area contributed by atoms with Crippen LogP contribution in [0.3, 0.4) is 0 Å². The Morgan fingerprint density at radius 2 is 1.92 bits per heavy atom. The van der Waals surface area contributed by atoms with Crippen LogP contribution in [0.5, 0.6) is 0 Å². The number of rotatable bonds is 3. The van der Waals surface area contributed by atoms with Crippen LogP contribution >= 0.6 is 0 Å². The second-order valence-electron chi connectivity index (χ2n) is 9.89. The molecular formula is C21H32N4O. The minimum absolute atomic E-state index is 0.0973. The van der Waals surface area contributed by atoms with E-state index < -0.39 is 0 Å². The SMILES string of the molecule is Cc1nc2c([nH]1)CN(C(=O)N[C@H](C)CC13CC4CC(CC(C4)C1)C3)CC2. The Hall–Kier alpha value is -1.52. The smallest absolute Gasteiger partial charge is 0.317 e. The third-order valence-corrected chi connectivity index (χ3v) is 7.51. The van der Waals surface area contributed by atoms with Crippen molar-refractivity contribution in [2.24, 2.45) is 23.2 Å². The molecule has 1 aromatic heterocycles. The molecule has 4 fully saturated rings. The number of aromatic nitrogens is 2. The average Bonchev–Trinajstić information content (AvgIpc) is 2.91. The molecule has 0 spiro atoms. The first kappa shape index (κ1) is 16.6. The summed E-state index contributed by atoms with van der Waals surface area (Å²) in [6.07, 6.45) is 10.7. The maximum absolute atomic E-state index is 12.8. The van der Waals surface area contributed by atoms with Crippen LogP contribution in [-0.4, -0.2) is 33.5 Å². The fraction of sp³-hybridized carbons (Fsp3) is 0.810. The van der Waals surface area contributed by atoms with Crippen molar-refractivity contribution < 1.29 is 4.79 Å². The fourth-order valence-corrected chi connectivity index (χ4v) is 7.15. The van der Waals surface area contributed by atoms with Gasteiger partial charge in [0.15, 0.2) is 0 Å². The molecule has 142 valence electrons. The van der Waals surface area contributed by atoms with E-state index >= 15 is 0 Å². The minimum atomic E-state index is 0.0973. The third-order valence-electron chi connectivity index (χ3n) is 7.51.